The lowest BCUT2D eigenvalue weighted by atomic mass is 9.97. The minimum Gasteiger partial charge on any atom is -0.483 e. The van der Waals surface area contributed by atoms with Crippen LogP contribution in [0.2, 0.25) is 0 Å². The maximum Gasteiger partial charge on any atom is 0.341 e. The molecule has 0 saturated carbocycles. The first-order chi connectivity index (χ1) is 18.2. The molecule has 10 heteroatoms. The summed E-state index contributed by atoms with van der Waals surface area (Å²) in [6.07, 6.45) is -0.324. The molecular formula is C28H30N4O4S2. The predicted molar refractivity (Wildman–Crippen MR) is 151 cm³/mol. The third kappa shape index (κ3) is 6.08. The van der Waals surface area contributed by atoms with Gasteiger partial charge in [-0.05, 0) is 56.5 Å². The number of thioether (sulfide) groups is 1. The summed E-state index contributed by atoms with van der Waals surface area (Å²) in [5, 5.41) is 14.3. The van der Waals surface area contributed by atoms with Crippen molar-refractivity contribution in [2.75, 3.05) is 18.2 Å². The number of hydrogen-bond acceptors (Lipinski definition) is 8. The number of aromatic nitrogens is 3. The summed E-state index contributed by atoms with van der Waals surface area (Å²) in [6, 6.07) is 13.9. The minimum absolute atomic E-state index is 0.0937. The van der Waals surface area contributed by atoms with Crippen molar-refractivity contribution in [1.82, 2.24) is 14.8 Å². The Balaban J connectivity index is 1.45. The molecule has 1 atom stereocenters. The normalized spacial score (nSPS) is 11.7. The Morgan fingerprint density at radius 1 is 1.08 bits per heavy atom. The van der Waals surface area contributed by atoms with Gasteiger partial charge in [0.05, 0.1) is 12.9 Å². The first-order valence-corrected chi connectivity index (χ1v) is 13.9. The molecule has 2 aromatic heterocycles. The minimum atomic E-state index is -0.495. The molecule has 4 aromatic rings. The van der Waals surface area contributed by atoms with Crippen molar-refractivity contribution in [3.05, 3.63) is 75.9 Å². The number of rotatable bonds is 9. The molecular weight excluding hydrogens is 520 g/mol. The second-order valence-electron chi connectivity index (χ2n) is 8.98. The van der Waals surface area contributed by atoms with Gasteiger partial charge in [-0.25, -0.2) is 4.79 Å². The Kier molecular flexibility index (Phi) is 8.53. The van der Waals surface area contributed by atoms with Crippen molar-refractivity contribution in [2.24, 2.45) is 7.05 Å². The molecule has 8 nitrogen and oxygen atoms in total. The van der Waals surface area contributed by atoms with E-state index in [0.29, 0.717) is 21.5 Å². The summed E-state index contributed by atoms with van der Waals surface area (Å²) in [6.45, 7) is 7.91. The second-order valence-corrected chi connectivity index (χ2v) is 10.8. The number of nitrogens with zero attached hydrogens (tertiary/aromatic N) is 3. The Hall–Kier alpha value is -3.63. The summed E-state index contributed by atoms with van der Waals surface area (Å²) in [7, 11) is 3.18. The van der Waals surface area contributed by atoms with Crippen molar-refractivity contribution < 1.29 is 19.1 Å². The van der Waals surface area contributed by atoms with Crippen LogP contribution in [-0.4, -0.2) is 39.5 Å². The number of carbonyl (C=O) groups excluding carboxylic acids is 2. The van der Waals surface area contributed by atoms with Crippen molar-refractivity contribution >= 4 is 40.0 Å². The van der Waals surface area contributed by atoms with Crippen molar-refractivity contribution in [2.45, 2.75) is 39.0 Å². The van der Waals surface area contributed by atoms with Gasteiger partial charge in [0, 0.05) is 18.0 Å². The standard InChI is InChI=1S/C28H30N4O4S2/c1-16-8-7-9-20(12-16)36-19(4)25-30-31-28(32(25)5)38-15-23(33)29-26-24(27(34)35-6)22(14-37-26)21-13-17(2)10-11-18(21)3/h7-14,19H,15H2,1-6H3,(H,29,33). The summed E-state index contributed by atoms with van der Waals surface area (Å²) in [5.74, 6) is 0.746. The Labute approximate surface area is 230 Å². The Bertz CT molecular complexity index is 1480. The summed E-state index contributed by atoms with van der Waals surface area (Å²) >= 11 is 2.56. The van der Waals surface area contributed by atoms with E-state index in [2.05, 4.69) is 15.5 Å². The second kappa shape index (κ2) is 11.8. The van der Waals surface area contributed by atoms with Gasteiger partial charge in [-0.1, -0.05) is 47.7 Å². The fourth-order valence-corrected chi connectivity index (χ4v) is 5.71. The molecule has 1 amide bonds. The zero-order chi connectivity index (χ0) is 27.4. The van der Waals surface area contributed by atoms with Gasteiger partial charge in [0.2, 0.25) is 5.91 Å². The van der Waals surface area contributed by atoms with Gasteiger partial charge in [-0.3, -0.25) is 4.79 Å². The van der Waals surface area contributed by atoms with Crippen molar-refractivity contribution in [3.63, 3.8) is 0 Å². The summed E-state index contributed by atoms with van der Waals surface area (Å²) < 4.78 is 12.9. The fraction of sp³-hybridized carbons (Fsp3) is 0.286. The number of thiophene rings is 1. The highest BCUT2D eigenvalue weighted by Gasteiger charge is 2.24. The van der Waals surface area contributed by atoms with E-state index in [-0.39, 0.29) is 17.8 Å². The average molecular weight is 551 g/mol. The molecule has 4 rings (SSSR count). The van der Waals surface area contributed by atoms with E-state index in [9.17, 15) is 9.59 Å². The first kappa shape index (κ1) is 27.4. The largest absolute Gasteiger partial charge is 0.483 e. The van der Waals surface area contributed by atoms with Crippen LogP contribution in [0.1, 0.15) is 45.9 Å². The van der Waals surface area contributed by atoms with E-state index in [1.165, 1.54) is 30.2 Å². The number of aryl methyl sites for hydroxylation is 3. The molecule has 0 fully saturated rings. The van der Waals surface area contributed by atoms with E-state index in [1.54, 1.807) is 0 Å². The Morgan fingerprint density at radius 2 is 1.84 bits per heavy atom. The molecule has 0 aliphatic rings. The monoisotopic (exact) mass is 550 g/mol. The molecule has 0 saturated heterocycles. The fourth-order valence-electron chi connectivity index (χ4n) is 4.02. The molecule has 0 spiro atoms. The van der Waals surface area contributed by atoms with Gasteiger partial charge in [0.25, 0.3) is 0 Å². The smallest absolute Gasteiger partial charge is 0.341 e. The molecule has 0 aliphatic carbocycles. The van der Waals surface area contributed by atoms with Crippen LogP contribution in [0.4, 0.5) is 5.00 Å². The van der Waals surface area contributed by atoms with Gasteiger partial charge < -0.3 is 19.4 Å². The third-order valence-electron chi connectivity index (χ3n) is 5.98. The molecule has 0 bridgehead atoms. The summed E-state index contributed by atoms with van der Waals surface area (Å²) in [4.78, 5) is 25.6. The van der Waals surface area contributed by atoms with Gasteiger partial charge >= 0.3 is 5.97 Å². The van der Waals surface area contributed by atoms with Gasteiger partial charge in [-0.15, -0.1) is 21.5 Å². The highest BCUT2D eigenvalue weighted by molar-refractivity contribution is 7.99. The number of benzene rings is 2. The molecule has 2 heterocycles. The van der Waals surface area contributed by atoms with Crippen LogP contribution in [0.25, 0.3) is 11.1 Å². The van der Waals surface area contributed by atoms with Crippen LogP contribution < -0.4 is 10.1 Å². The number of hydrogen-bond donors (Lipinski definition) is 1. The zero-order valence-corrected chi connectivity index (χ0v) is 23.8. The maximum absolute atomic E-state index is 12.9. The highest BCUT2D eigenvalue weighted by Crippen LogP contribution is 2.38. The predicted octanol–water partition coefficient (Wildman–Crippen LogP) is 6.13. The molecule has 38 heavy (non-hydrogen) atoms. The van der Waals surface area contributed by atoms with Crippen LogP contribution >= 0.6 is 23.1 Å². The van der Waals surface area contributed by atoms with E-state index in [1.807, 2.05) is 87.2 Å². The van der Waals surface area contributed by atoms with Crippen LogP contribution in [0.15, 0.2) is 53.0 Å². The number of anilines is 1. The summed E-state index contributed by atoms with van der Waals surface area (Å²) in [5.41, 5.74) is 5.25. The Morgan fingerprint density at radius 3 is 2.58 bits per heavy atom. The topological polar surface area (TPSA) is 95.3 Å². The van der Waals surface area contributed by atoms with E-state index in [0.717, 1.165) is 33.6 Å². The van der Waals surface area contributed by atoms with Gasteiger partial charge in [0.15, 0.2) is 17.1 Å². The lowest BCUT2D eigenvalue weighted by Crippen LogP contribution is -2.16. The first-order valence-electron chi connectivity index (χ1n) is 12.0. The van der Waals surface area contributed by atoms with Gasteiger partial charge in [0.1, 0.15) is 16.3 Å². The molecule has 0 aliphatic heterocycles. The van der Waals surface area contributed by atoms with Gasteiger partial charge in [-0.2, -0.15) is 0 Å². The highest BCUT2D eigenvalue weighted by atomic mass is 32.2. The average Bonchev–Trinajstić information content (AvgIpc) is 3.46. The zero-order valence-electron chi connectivity index (χ0n) is 22.2. The number of esters is 1. The quantitative estimate of drug-likeness (QED) is 0.198. The molecule has 0 radical (unpaired) electrons. The number of amides is 1. The third-order valence-corrected chi connectivity index (χ3v) is 7.90. The number of carbonyl (C=O) groups is 2. The maximum atomic E-state index is 12.9. The van der Waals surface area contributed by atoms with Crippen LogP contribution in [0, 0.1) is 20.8 Å². The molecule has 198 valence electrons. The number of nitrogens with one attached hydrogen (secondary N) is 1. The molecule has 2 aromatic carbocycles. The SMILES string of the molecule is COC(=O)c1c(-c2cc(C)ccc2C)csc1NC(=O)CSc1nnc(C(C)Oc2cccc(C)c2)n1C. The number of methoxy groups -OCH3 is 1. The van der Waals surface area contributed by atoms with Crippen molar-refractivity contribution in [3.8, 4) is 16.9 Å². The van der Waals surface area contributed by atoms with E-state index in [4.69, 9.17) is 9.47 Å². The molecule has 1 N–H and O–H groups in total. The van der Waals surface area contributed by atoms with Crippen LogP contribution in [0.5, 0.6) is 5.75 Å². The lowest BCUT2D eigenvalue weighted by molar-refractivity contribution is -0.113. The van der Waals surface area contributed by atoms with Crippen LogP contribution in [0.3, 0.4) is 0 Å². The van der Waals surface area contributed by atoms with E-state index < -0.39 is 5.97 Å². The van der Waals surface area contributed by atoms with Crippen molar-refractivity contribution in [1.29, 1.82) is 0 Å². The van der Waals surface area contributed by atoms with E-state index >= 15 is 0 Å². The lowest BCUT2D eigenvalue weighted by Gasteiger charge is -2.14. The number of ether oxygens (including phenoxy) is 2. The van der Waals surface area contributed by atoms with Crippen LogP contribution in [-0.2, 0) is 16.6 Å². The molecule has 1 unspecified atom stereocenters.